The fourth-order valence-corrected chi connectivity index (χ4v) is 2.52. The zero-order valence-corrected chi connectivity index (χ0v) is 15.8. The highest BCUT2D eigenvalue weighted by atomic mass is 16.6. The normalized spacial score (nSPS) is 10.2. The van der Waals surface area contributed by atoms with E-state index in [-0.39, 0.29) is 0 Å². The van der Waals surface area contributed by atoms with Gasteiger partial charge in [-0.05, 0) is 25.5 Å². The molecule has 3 amide bonds. The average molecular weight is 402 g/mol. The number of ether oxygens (including phenoxy) is 1. The van der Waals surface area contributed by atoms with Gasteiger partial charge in [-0.15, -0.1) is 0 Å². The molecule has 1 aromatic carbocycles. The summed E-state index contributed by atoms with van der Waals surface area (Å²) in [7, 11) is 1.01. The molecular formula is C18H18N4O7. The van der Waals surface area contributed by atoms with Crippen molar-refractivity contribution in [1.29, 1.82) is 0 Å². The Morgan fingerprint density at radius 3 is 2.48 bits per heavy atom. The molecule has 29 heavy (non-hydrogen) atoms. The second kappa shape index (κ2) is 8.78. The first kappa shape index (κ1) is 21.3. The summed E-state index contributed by atoms with van der Waals surface area (Å²) in [5, 5.41) is 15.5. The lowest BCUT2D eigenvalue weighted by atomic mass is 10.1. The number of benzene rings is 1. The number of nitrogens with zero attached hydrogens (tertiary/aromatic N) is 2. The third kappa shape index (κ3) is 5.25. The summed E-state index contributed by atoms with van der Waals surface area (Å²) in [5.74, 6) is -1.99. The van der Waals surface area contributed by atoms with Crippen molar-refractivity contribution in [2.75, 3.05) is 12.4 Å². The van der Waals surface area contributed by atoms with Crippen molar-refractivity contribution in [3.8, 4) is 0 Å². The van der Waals surface area contributed by atoms with Gasteiger partial charge in [0.2, 0.25) is 5.91 Å². The molecule has 11 heteroatoms. The molecule has 1 aromatic heterocycles. The van der Waals surface area contributed by atoms with Gasteiger partial charge < -0.3 is 10.1 Å². The first-order chi connectivity index (χ1) is 13.6. The Morgan fingerprint density at radius 1 is 1.21 bits per heavy atom. The van der Waals surface area contributed by atoms with Crippen molar-refractivity contribution < 1.29 is 24.0 Å². The van der Waals surface area contributed by atoms with Gasteiger partial charge in [0.05, 0.1) is 18.2 Å². The number of urea groups is 1. The van der Waals surface area contributed by atoms with Crippen molar-refractivity contribution in [3.63, 3.8) is 0 Å². The quantitative estimate of drug-likeness (QED) is 0.437. The molecule has 0 spiro atoms. The van der Waals surface area contributed by atoms with Gasteiger partial charge in [-0.25, -0.2) is 9.59 Å². The molecule has 2 aromatic rings. The smallest absolute Gasteiger partial charge is 0.343 e. The second-order valence-corrected chi connectivity index (χ2v) is 6.11. The third-order valence-corrected chi connectivity index (χ3v) is 3.88. The zero-order chi connectivity index (χ0) is 21.7. The summed E-state index contributed by atoms with van der Waals surface area (Å²) < 4.78 is 5.08. The van der Waals surface area contributed by atoms with Gasteiger partial charge >= 0.3 is 12.0 Å². The van der Waals surface area contributed by atoms with Crippen molar-refractivity contribution in [3.05, 3.63) is 67.6 Å². The molecule has 1 heterocycles. The van der Waals surface area contributed by atoms with Gasteiger partial charge in [0, 0.05) is 11.8 Å². The summed E-state index contributed by atoms with van der Waals surface area (Å²) in [6.07, 6.45) is 0.802. The van der Waals surface area contributed by atoms with E-state index in [9.17, 15) is 29.3 Å². The van der Waals surface area contributed by atoms with Gasteiger partial charge in [0.15, 0.2) is 0 Å². The van der Waals surface area contributed by atoms with E-state index in [1.807, 2.05) is 18.3 Å². The van der Waals surface area contributed by atoms with Gasteiger partial charge in [-0.2, -0.15) is 0 Å². The summed E-state index contributed by atoms with van der Waals surface area (Å²) >= 11 is 0. The van der Waals surface area contributed by atoms with Crippen LogP contribution in [-0.4, -0.2) is 34.5 Å². The number of imide groups is 1. The topological polar surface area (TPSA) is 150 Å². The molecule has 2 rings (SSSR count). The Balaban J connectivity index is 2.18. The maximum atomic E-state index is 12.3. The van der Waals surface area contributed by atoms with Crippen LogP contribution in [0.15, 0.2) is 35.3 Å². The molecule has 0 radical (unpaired) electrons. The van der Waals surface area contributed by atoms with E-state index < -0.39 is 46.2 Å². The molecular weight excluding hydrogens is 384 g/mol. The van der Waals surface area contributed by atoms with E-state index in [4.69, 9.17) is 0 Å². The number of aromatic nitrogens is 1. The van der Waals surface area contributed by atoms with E-state index in [2.05, 4.69) is 10.1 Å². The molecule has 0 bridgehead atoms. The number of nitrogens with one attached hydrogen (secondary N) is 2. The number of anilines is 1. The Labute approximate surface area is 164 Å². The number of carbonyl (C=O) groups excluding carboxylic acids is 3. The highest BCUT2D eigenvalue weighted by molar-refractivity contribution is 6.01. The summed E-state index contributed by atoms with van der Waals surface area (Å²) in [4.78, 5) is 58.3. The predicted octanol–water partition coefficient (Wildman–Crippen LogP) is 1.51. The number of hydrogen-bond acceptors (Lipinski definition) is 7. The molecule has 11 nitrogen and oxygen atoms in total. The van der Waals surface area contributed by atoms with Crippen LogP contribution in [0.4, 0.5) is 16.2 Å². The number of carbonyl (C=O) groups is 3. The van der Waals surface area contributed by atoms with Crippen LogP contribution in [-0.2, 0) is 16.1 Å². The largest absolute Gasteiger partial charge is 0.465 e. The van der Waals surface area contributed by atoms with Crippen molar-refractivity contribution in [1.82, 2.24) is 9.88 Å². The van der Waals surface area contributed by atoms with Crippen LogP contribution < -0.4 is 16.2 Å². The zero-order valence-electron chi connectivity index (χ0n) is 15.8. The van der Waals surface area contributed by atoms with Crippen LogP contribution in [0, 0.1) is 24.0 Å². The molecule has 0 aliphatic heterocycles. The van der Waals surface area contributed by atoms with Gasteiger partial charge in [0.25, 0.3) is 11.2 Å². The minimum Gasteiger partial charge on any atom is -0.465 e. The number of hydrogen-bond donors (Lipinski definition) is 2. The molecule has 0 aliphatic rings. The number of aryl methyl sites for hydroxylation is 2. The van der Waals surface area contributed by atoms with E-state index in [0.717, 1.165) is 30.5 Å². The summed E-state index contributed by atoms with van der Waals surface area (Å²) in [6, 6.07) is 5.21. The van der Waals surface area contributed by atoms with Gasteiger partial charge in [-0.1, -0.05) is 17.7 Å². The Kier molecular flexibility index (Phi) is 6.44. The van der Waals surface area contributed by atoms with Crippen molar-refractivity contribution in [2.24, 2.45) is 0 Å². The van der Waals surface area contributed by atoms with Crippen LogP contribution in [0.25, 0.3) is 0 Å². The van der Waals surface area contributed by atoms with Gasteiger partial charge in [-0.3, -0.25) is 29.6 Å². The summed E-state index contributed by atoms with van der Waals surface area (Å²) in [6.45, 7) is 2.95. The Morgan fingerprint density at radius 2 is 1.90 bits per heavy atom. The highest BCUT2D eigenvalue weighted by Gasteiger charge is 2.21. The number of nitro groups is 1. The molecule has 0 saturated carbocycles. The van der Waals surface area contributed by atoms with Crippen LogP contribution >= 0.6 is 0 Å². The number of methoxy groups -OCH3 is 1. The van der Waals surface area contributed by atoms with Crippen molar-refractivity contribution >= 4 is 29.3 Å². The molecule has 0 atom stereocenters. The number of rotatable bonds is 5. The highest BCUT2D eigenvalue weighted by Crippen LogP contribution is 2.15. The van der Waals surface area contributed by atoms with E-state index in [1.165, 1.54) is 0 Å². The maximum Gasteiger partial charge on any atom is 0.343 e. The molecule has 0 saturated heterocycles. The molecule has 152 valence electrons. The lowest BCUT2D eigenvalue weighted by molar-refractivity contribution is -0.385. The number of esters is 1. The monoisotopic (exact) mass is 402 g/mol. The molecule has 2 N–H and O–H groups in total. The summed E-state index contributed by atoms with van der Waals surface area (Å²) in [5.41, 5.74) is 0.113. The molecule has 0 aliphatic carbocycles. The predicted molar refractivity (Wildman–Crippen MR) is 102 cm³/mol. The van der Waals surface area contributed by atoms with Crippen LogP contribution in [0.3, 0.4) is 0 Å². The van der Waals surface area contributed by atoms with E-state index in [1.54, 1.807) is 19.1 Å². The molecule has 0 unspecified atom stereocenters. The Hall–Kier alpha value is -4.02. The van der Waals surface area contributed by atoms with Crippen LogP contribution in [0.5, 0.6) is 0 Å². The Bertz CT molecular complexity index is 1060. The second-order valence-electron chi connectivity index (χ2n) is 6.11. The fraction of sp³-hybridized carbons (Fsp3) is 0.222. The van der Waals surface area contributed by atoms with Crippen LogP contribution in [0.2, 0.25) is 0 Å². The van der Waals surface area contributed by atoms with Crippen LogP contribution in [0.1, 0.15) is 21.5 Å². The van der Waals surface area contributed by atoms with Crippen molar-refractivity contribution in [2.45, 2.75) is 20.4 Å². The van der Waals surface area contributed by atoms with E-state index >= 15 is 0 Å². The lowest BCUT2D eigenvalue weighted by Gasteiger charge is -2.11. The van der Waals surface area contributed by atoms with E-state index in [0.29, 0.717) is 10.3 Å². The number of pyridine rings is 1. The first-order valence-electron chi connectivity index (χ1n) is 8.27. The standard InChI is InChI=1S/C18H18N4O7/c1-10-4-5-14(11(2)6-10)19-18(26)20-15(23)9-21-8-12(22(27)28)7-13(16(21)24)17(25)29-3/h4-8H,9H2,1-3H3,(H2,19,20,23,26). The van der Waals surface area contributed by atoms with Gasteiger partial charge in [0.1, 0.15) is 12.1 Å². The SMILES string of the molecule is COC(=O)c1cc([N+](=O)[O-])cn(CC(=O)NC(=O)Nc2ccc(C)cc2C)c1=O. The fourth-order valence-electron chi connectivity index (χ4n) is 2.52. The number of amides is 3. The first-order valence-corrected chi connectivity index (χ1v) is 8.27. The molecule has 0 fully saturated rings. The maximum absolute atomic E-state index is 12.3. The third-order valence-electron chi connectivity index (χ3n) is 3.88. The average Bonchev–Trinajstić information content (AvgIpc) is 2.64. The lowest BCUT2D eigenvalue weighted by Crippen LogP contribution is -2.39. The minimum atomic E-state index is -1.08. The minimum absolute atomic E-state index is 0.487.